The van der Waals surface area contributed by atoms with Crippen LogP contribution in [0.5, 0.6) is 5.75 Å². The average Bonchev–Trinajstić information content (AvgIpc) is 2.92. The van der Waals surface area contributed by atoms with Gasteiger partial charge in [0.2, 0.25) is 0 Å². The van der Waals surface area contributed by atoms with Crippen LogP contribution in [0.15, 0.2) is 24.3 Å². The van der Waals surface area contributed by atoms with E-state index in [1.165, 1.54) is 12.8 Å². The summed E-state index contributed by atoms with van der Waals surface area (Å²) in [5.74, 6) is -0.414. The zero-order valence-electron chi connectivity index (χ0n) is 11.7. The van der Waals surface area contributed by atoms with Crippen molar-refractivity contribution in [2.75, 3.05) is 26.7 Å². The molecule has 112 valence electrons. The van der Waals surface area contributed by atoms with Crippen molar-refractivity contribution in [1.82, 2.24) is 4.90 Å². The minimum absolute atomic E-state index is 0. The zero-order valence-corrected chi connectivity index (χ0v) is 12.6. The maximum atomic E-state index is 11.4. The summed E-state index contributed by atoms with van der Waals surface area (Å²) in [4.78, 5) is 13.8. The Morgan fingerprint density at radius 1 is 1.30 bits per heavy atom. The summed E-state index contributed by atoms with van der Waals surface area (Å²) in [5, 5.41) is 9.38. The molecule has 0 amide bonds. The van der Waals surface area contributed by atoms with Crippen LogP contribution in [0.25, 0.3) is 0 Å². The molecule has 1 N–H and O–H groups in total. The molecule has 1 fully saturated rings. The first kappa shape index (κ1) is 16.8. The van der Waals surface area contributed by atoms with Gasteiger partial charge in [-0.05, 0) is 56.6 Å². The van der Waals surface area contributed by atoms with Crippen LogP contribution in [0.1, 0.15) is 30.7 Å². The molecule has 1 aromatic rings. The minimum Gasteiger partial charge on any atom is -0.497 e. The van der Waals surface area contributed by atoms with E-state index in [-0.39, 0.29) is 12.4 Å². The molecule has 2 rings (SSSR count). The van der Waals surface area contributed by atoms with Gasteiger partial charge in [0.15, 0.2) is 0 Å². The molecule has 1 heterocycles. The molecule has 20 heavy (non-hydrogen) atoms. The molecule has 0 radical (unpaired) electrons. The highest BCUT2D eigenvalue weighted by atomic mass is 35.5. The molecule has 1 saturated heterocycles. The van der Waals surface area contributed by atoms with Crippen LogP contribution in [0, 0.1) is 0 Å². The Labute approximate surface area is 126 Å². The number of benzene rings is 1. The van der Waals surface area contributed by atoms with Gasteiger partial charge in [-0.1, -0.05) is 12.1 Å². The fourth-order valence-electron chi connectivity index (χ4n) is 2.59. The summed E-state index contributed by atoms with van der Waals surface area (Å²) in [5.41, 5.74) is 0.854. The molecule has 0 bridgehead atoms. The van der Waals surface area contributed by atoms with Gasteiger partial charge in [0.05, 0.1) is 13.0 Å². The highest BCUT2D eigenvalue weighted by molar-refractivity contribution is 5.85. The van der Waals surface area contributed by atoms with Gasteiger partial charge >= 0.3 is 5.97 Å². The lowest BCUT2D eigenvalue weighted by Crippen LogP contribution is -2.24. The number of ether oxygens (including phenoxy) is 1. The number of nitrogens with zero attached hydrogens (tertiary/aromatic N) is 1. The molecule has 1 aliphatic heterocycles. The summed E-state index contributed by atoms with van der Waals surface area (Å²) >= 11 is 0. The highest BCUT2D eigenvalue weighted by Crippen LogP contribution is 2.23. The van der Waals surface area contributed by atoms with Crippen LogP contribution in [0.4, 0.5) is 0 Å². The Morgan fingerprint density at radius 2 is 1.90 bits per heavy atom. The van der Waals surface area contributed by atoms with Gasteiger partial charge in [-0.15, -0.1) is 12.4 Å². The number of likely N-dealkylation sites (tertiary alicyclic amines) is 1. The van der Waals surface area contributed by atoms with E-state index in [0.717, 1.165) is 30.9 Å². The number of carboxylic acid groups (broad SMARTS) is 1. The third-order valence-corrected chi connectivity index (χ3v) is 3.75. The molecule has 1 atom stereocenters. The predicted molar refractivity (Wildman–Crippen MR) is 80.9 cm³/mol. The van der Waals surface area contributed by atoms with Crippen molar-refractivity contribution in [2.24, 2.45) is 0 Å². The average molecular weight is 300 g/mol. The standard InChI is InChI=1S/C15H21NO3.ClH/c1-19-13-6-4-12(5-7-13)14(15(17)18)8-11-16-9-2-3-10-16;/h4-7,14H,2-3,8-11H2,1H3,(H,17,18);1H. The quantitative estimate of drug-likeness (QED) is 0.877. The molecular formula is C15H22ClNO3. The van der Waals surface area contributed by atoms with Crippen LogP contribution in [0.2, 0.25) is 0 Å². The van der Waals surface area contributed by atoms with E-state index in [4.69, 9.17) is 4.74 Å². The van der Waals surface area contributed by atoms with Crippen molar-refractivity contribution >= 4 is 18.4 Å². The van der Waals surface area contributed by atoms with Gasteiger partial charge in [0.1, 0.15) is 5.75 Å². The summed E-state index contributed by atoms with van der Waals surface area (Å²) in [6.45, 7) is 3.08. The van der Waals surface area contributed by atoms with E-state index in [1.807, 2.05) is 24.3 Å². The lowest BCUT2D eigenvalue weighted by molar-refractivity contribution is -0.139. The number of rotatable bonds is 6. The summed E-state index contributed by atoms with van der Waals surface area (Å²) < 4.78 is 5.09. The van der Waals surface area contributed by atoms with Crippen LogP contribution < -0.4 is 4.74 Å². The predicted octanol–water partition coefficient (Wildman–Crippen LogP) is 2.77. The van der Waals surface area contributed by atoms with E-state index >= 15 is 0 Å². The van der Waals surface area contributed by atoms with Crippen molar-refractivity contribution in [3.63, 3.8) is 0 Å². The Bertz CT molecular complexity index is 416. The summed E-state index contributed by atoms with van der Waals surface area (Å²) in [6.07, 6.45) is 3.14. The molecule has 1 aliphatic rings. The Kier molecular flexibility index (Phi) is 6.82. The molecular weight excluding hydrogens is 278 g/mol. The minimum atomic E-state index is -0.746. The third-order valence-electron chi connectivity index (χ3n) is 3.75. The Hall–Kier alpha value is -1.26. The number of hydrogen-bond donors (Lipinski definition) is 1. The van der Waals surface area contributed by atoms with Gasteiger partial charge in [-0.25, -0.2) is 0 Å². The van der Waals surface area contributed by atoms with E-state index in [1.54, 1.807) is 7.11 Å². The monoisotopic (exact) mass is 299 g/mol. The Morgan fingerprint density at radius 3 is 2.40 bits per heavy atom. The summed E-state index contributed by atoms with van der Waals surface area (Å²) in [7, 11) is 1.61. The molecule has 1 aromatic carbocycles. The van der Waals surface area contributed by atoms with Gasteiger partial charge in [0.25, 0.3) is 0 Å². The van der Waals surface area contributed by atoms with Crippen LogP contribution >= 0.6 is 12.4 Å². The van der Waals surface area contributed by atoms with E-state index in [0.29, 0.717) is 6.42 Å². The molecule has 0 spiro atoms. The van der Waals surface area contributed by atoms with Gasteiger partial charge in [-0.3, -0.25) is 4.79 Å². The number of halogens is 1. The maximum absolute atomic E-state index is 11.4. The lowest BCUT2D eigenvalue weighted by atomic mass is 9.95. The van der Waals surface area contributed by atoms with Crippen molar-refractivity contribution in [3.8, 4) is 5.75 Å². The SMILES string of the molecule is COc1ccc(C(CCN2CCCC2)C(=O)O)cc1.Cl. The Balaban J connectivity index is 0.00000200. The van der Waals surface area contributed by atoms with Gasteiger partial charge < -0.3 is 14.7 Å². The second kappa shape index (κ2) is 8.12. The normalized spacial score (nSPS) is 16.4. The smallest absolute Gasteiger partial charge is 0.311 e. The second-order valence-electron chi connectivity index (χ2n) is 5.00. The number of carbonyl (C=O) groups is 1. The van der Waals surface area contributed by atoms with Crippen molar-refractivity contribution < 1.29 is 14.6 Å². The molecule has 4 nitrogen and oxygen atoms in total. The van der Waals surface area contributed by atoms with Crippen molar-refractivity contribution in [2.45, 2.75) is 25.2 Å². The van der Waals surface area contributed by atoms with Crippen LogP contribution in [0.3, 0.4) is 0 Å². The molecule has 0 aromatic heterocycles. The van der Waals surface area contributed by atoms with E-state index in [2.05, 4.69) is 4.90 Å². The summed E-state index contributed by atoms with van der Waals surface area (Å²) in [6, 6.07) is 7.34. The fraction of sp³-hybridized carbons (Fsp3) is 0.533. The molecule has 5 heteroatoms. The van der Waals surface area contributed by atoms with Gasteiger partial charge in [-0.2, -0.15) is 0 Å². The lowest BCUT2D eigenvalue weighted by Gasteiger charge is -2.18. The number of aliphatic carboxylic acids is 1. The molecule has 1 unspecified atom stereocenters. The number of methoxy groups -OCH3 is 1. The first-order valence-electron chi connectivity index (χ1n) is 6.80. The van der Waals surface area contributed by atoms with E-state index in [9.17, 15) is 9.90 Å². The first-order valence-corrected chi connectivity index (χ1v) is 6.80. The molecule has 0 saturated carbocycles. The fourth-order valence-corrected chi connectivity index (χ4v) is 2.59. The first-order chi connectivity index (χ1) is 9.20. The highest BCUT2D eigenvalue weighted by Gasteiger charge is 2.21. The van der Waals surface area contributed by atoms with Crippen molar-refractivity contribution in [3.05, 3.63) is 29.8 Å². The number of carboxylic acids is 1. The van der Waals surface area contributed by atoms with Crippen LogP contribution in [-0.4, -0.2) is 42.7 Å². The molecule has 0 aliphatic carbocycles. The van der Waals surface area contributed by atoms with Crippen LogP contribution in [-0.2, 0) is 4.79 Å². The largest absolute Gasteiger partial charge is 0.497 e. The van der Waals surface area contributed by atoms with Gasteiger partial charge in [0, 0.05) is 0 Å². The topological polar surface area (TPSA) is 49.8 Å². The zero-order chi connectivity index (χ0) is 13.7. The van der Waals surface area contributed by atoms with E-state index < -0.39 is 11.9 Å². The number of hydrogen-bond acceptors (Lipinski definition) is 3. The third kappa shape index (κ3) is 4.39. The second-order valence-corrected chi connectivity index (χ2v) is 5.00. The van der Waals surface area contributed by atoms with Crippen molar-refractivity contribution in [1.29, 1.82) is 0 Å². The maximum Gasteiger partial charge on any atom is 0.311 e.